The Morgan fingerprint density at radius 3 is 2.83 bits per heavy atom. The van der Waals surface area contributed by atoms with Crippen molar-refractivity contribution < 1.29 is 13.2 Å². The molecule has 98 valence electrons. The van der Waals surface area contributed by atoms with Crippen molar-refractivity contribution in [3.63, 3.8) is 0 Å². The predicted molar refractivity (Wildman–Crippen MR) is 69.5 cm³/mol. The summed E-state index contributed by atoms with van der Waals surface area (Å²) in [6.45, 7) is 0.180. The number of nitrogens with one attached hydrogen (secondary N) is 1. The minimum atomic E-state index is -3.54. The number of anilines is 1. The first kappa shape index (κ1) is 13.3. The lowest BCUT2D eigenvalue weighted by Gasteiger charge is -2.11. The molecule has 0 spiro atoms. The second-order valence-electron chi connectivity index (χ2n) is 4.01. The van der Waals surface area contributed by atoms with Crippen molar-refractivity contribution in [3.8, 4) is 0 Å². The molecule has 1 aromatic carbocycles. The van der Waals surface area contributed by atoms with Gasteiger partial charge in [0.15, 0.2) is 0 Å². The van der Waals surface area contributed by atoms with Gasteiger partial charge in [-0.15, -0.1) is 11.6 Å². The third-order valence-corrected chi connectivity index (χ3v) is 4.47. The van der Waals surface area contributed by atoms with Gasteiger partial charge in [0, 0.05) is 25.2 Å². The average molecular weight is 289 g/mol. The van der Waals surface area contributed by atoms with Crippen LogP contribution in [0.15, 0.2) is 23.1 Å². The smallest absolute Gasteiger partial charge is 0.240 e. The van der Waals surface area contributed by atoms with E-state index in [1.165, 1.54) is 17.0 Å². The van der Waals surface area contributed by atoms with Crippen molar-refractivity contribution in [1.82, 2.24) is 4.72 Å². The number of benzene rings is 1. The fraction of sp³-hybridized carbons (Fsp3) is 0.364. The Balaban J connectivity index is 2.34. The zero-order valence-corrected chi connectivity index (χ0v) is 11.4. The summed E-state index contributed by atoms with van der Waals surface area (Å²) in [6.07, 6.45) is 0.241. The first-order valence-electron chi connectivity index (χ1n) is 5.41. The maximum atomic E-state index is 11.9. The van der Waals surface area contributed by atoms with Gasteiger partial charge in [0.25, 0.3) is 0 Å². The molecule has 0 fully saturated rings. The van der Waals surface area contributed by atoms with E-state index in [0.29, 0.717) is 0 Å². The summed E-state index contributed by atoms with van der Waals surface area (Å²) in [4.78, 5) is 13.2. The highest BCUT2D eigenvalue weighted by Crippen LogP contribution is 2.29. The second kappa shape index (κ2) is 4.87. The molecular formula is C11H13ClN2O3S. The molecule has 1 aliphatic heterocycles. The first-order valence-corrected chi connectivity index (χ1v) is 7.42. The highest BCUT2D eigenvalue weighted by molar-refractivity contribution is 7.89. The lowest BCUT2D eigenvalue weighted by atomic mass is 10.2. The number of sulfonamides is 1. The van der Waals surface area contributed by atoms with Gasteiger partial charge in [0.1, 0.15) is 0 Å². The molecule has 5 nitrogen and oxygen atoms in total. The largest absolute Gasteiger partial charge is 0.315 e. The Labute approximate surface area is 111 Å². The molecule has 2 rings (SSSR count). The van der Waals surface area contributed by atoms with Gasteiger partial charge in [-0.2, -0.15) is 0 Å². The van der Waals surface area contributed by atoms with E-state index in [-0.39, 0.29) is 29.6 Å². The van der Waals surface area contributed by atoms with Crippen LogP contribution in [0.4, 0.5) is 5.69 Å². The van der Waals surface area contributed by atoms with Crippen LogP contribution in [0.2, 0.25) is 0 Å². The molecule has 1 heterocycles. The van der Waals surface area contributed by atoms with Gasteiger partial charge >= 0.3 is 0 Å². The highest BCUT2D eigenvalue weighted by Gasteiger charge is 2.25. The Morgan fingerprint density at radius 2 is 2.17 bits per heavy atom. The summed E-state index contributed by atoms with van der Waals surface area (Å²) >= 11 is 5.45. The second-order valence-corrected chi connectivity index (χ2v) is 6.15. The first-order chi connectivity index (χ1) is 8.45. The van der Waals surface area contributed by atoms with E-state index >= 15 is 0 Å². The number of rotatable bonds is 4. The maximum absolute atomic E-state index is 11.9. The minimum Gasteiger partial charge on any atom is -0.315 e. The molecule has 7 heteroatoms. The number of hydrogen-bond acceptors (Lipinski definition) is 3. The molecule has 0 atom stereocenters. The molecule has 1 aliphatic rings. The van der Waals surface area contributed by atoms with Crippen molar-refractivity contribution in [2.45, 2.75) is 11.3 Å². The molecule has 1 aromatic rings. The summed E-state index contributed by atoms with van der Waals surface area (Å²) in [5.74, 6) is 0.180. The highest BCUT2D eigenvalue weighted by atomic mass is 35.5. The van der Waals surface area contributed by atoms with Crippen LogP contribution in [0.1, 0.15) is 5.56 Å². The molecule has 0 aromatic heterocycles. The van der Waals surface area contributed by atoms with E-state index < -0.39 is 10.0 Å². The van der Waals surface area contributed by atoms with Crippen LogP contribution < -0.4 is 9.62 Å². The van der Waals surface area contributed by atoms with Gasteiger partial charge in [-0.1, -0.05) is 0 Å². The van der Waals surface area contributed by atoms with Crippen molar-refractivity contribution in [2.75, 3.05) is 24.4 Å². The van der Waals surface area contributed by atoms with Gasteiger partial charge in [-0.05, 0) is 23.8 Å². The third-order valence-electron chi connectivity index (χ3n) is 2.82. The fourth-order valence-corrected chi connectivity index (χ4v) is 3.16. The van der Waals surface area contributed by atoms with E-state index in [1.807, 2.05) is 0 Å². The summed E-state index contributed by atoms with van der Waals surface area (Å²) in [5.41, 5.74) is 1.49. The number of hydrogen-bond donors (Lipinski definition) is 1. The Kier molecular flexibility index (Phi) is 3.61. The van der Waals surface area contributed by atoms with E-state index in [9.17, 15) is 13.2 Å². The van der Waals surface area contributed by atoms with Crippen LogP contribution >= 0.6 is 11.6 Å². The Hall–Kier alpha value is -1.11. The molecule has 0 unspecified atom stereocenters. The zero-order chi connectivity index (χ0) is 13.3. The quantitative estimate of drug-likeness (QED) is 0.831. The SMILES string of the molecule is CN1C(=O)Cc2cc(S(=O)(=O)NCCCl)ccc21. The van der Waals surface area contributed by atoms with Crippen LogP contribution in [0.5, 0.6) is 0 Å². The number of nitrogens with zero attached hydrogens (tertiary/aromatic N) is 1. The number of amides is 1. The summed E-state index contributed by atoms with van der Waals surface area (Å²) < 4.78 is 26.2. The lowest BCUT2D eigenvalue weighted by Crippen LogP contribution is -2.25. The van der Waals surface area contributed by atoms with E-state index in [4.69, 9.17) is 11.6 Å². The summed E-state index contributed by atoms with van der Waals surface area (Å²) in [7, 11) is -1.87. The molecule has 0 radical (unpaired) electrons. The number of carbonyl (C=O) groups excluding carboxylic acids is 1. The molecule has 18 heavy (non-hydrogen) atoms. The zero-order valence-electron chi connectivity index (χ0n) is 9.81. The van der Waals surface area contributed by atoms with Crippen molar-refractivity contribution in [1.29, 1.82) is 0 Å². The molecule has 1 amide bonds. The molecule has 0 bridgehead atoms. The van der Waals surface area contributed by atoms with E-state index in [0.717, 1.165) is 11.3 Å². The van der Waals surface area contributed by atoms with Crippen molar-refractivity contribution >= 4 is 33.2 Å². The van der Waals surface area contributed by atoms with Crippen LogP contribution in [0.25, 0.3) is 0 Å². The average Bonchev–Trinajstić information content (AvgIpc) is 2.62. The van der Waals surface area contributed by atoms with Gasteiger partial charge in [-0.25, -0.2) is 13.1 Å². The number of carbonyl (C=O) groups is 1. The van der Waals surface area contributed by atoms with E-state index in [2.05, 4.69) is 4.72 Å². The van der Waals surface area contributed by atoms with Crippen LogP contribution in [0, 0.1) is 0 Å². The fourth-order valence-electron chi connectivity index (χ4n) is 1.87. The molecule has 0 saturated heterocycles. The number of alkyl halides is 1. The van der Waals surface area contributed by atoms with Crippen LogP contribution in [-0.2, 0) is 21.2 Å². The predicted octanol–water partition coefficient (Wildman–Crippen LogP) is 0.723. The molecular weight excluding hydrogens is 276 g/mol. The number of fused-ring (bicyclic) bond motifs is 1. The normalized spacial score (nSPS) is 15.0. The molecule has 0 aliphatic carbocycles. The Morgan fingerprint density at radius 1 is 1.44 bits per heavy atom. The number of likely N-dealkylation sites (N-methyl/N-ethyl adjacent to an activating group) is 1. The lowest BCUT2D eigenvalue weighted by molar-refractivity contribution is -0.117. The van der Waals surface area contributed by atoms with Crippen LogP contribution in [-0.4, -0.2) is 33.8 Å². The van der Waals surface area contributed by atoms with E-state index in [1.54, 1.807) is 13.1 Å². The Bertz CT molecular complexity index is 586. The maximum Gasteiger partial charge on any atom is 0.240 e. The monoisotopic (exact) mass is 288 g/mol. The topological polar surface area (TPSA) is 66.5 Å². The standard InChI is InChI=1S/C11H13ClN2O3S/c1-14-10-3-2-9(6-8(10)7-11(14)15)18(16,17)13-5-4-12/h2-3,6,13H,4-5,7H2,1H3. The third kappa shape index (κ3) is 2.36. The van der Waals surface area contributed by atoms with Gasteiger partial charge < -0.3 is 4.90 Å². The van der Waals surface area contributed by atoms with Crippen LogP contribution in [0.3, 0.4) is 0 Å². The summed E-state index contributed by atoms with van der Waals surface area (Å²) in [6, 6.07) is 4.67. The minimum absolute atomic E-state index is 0.0340. The van der Waals surface area contributed by atoms with Gasteiger partial charge in [-0.3, -0.25) is 4.79 Å². The molecule has 1 N–H and O–H groups in total. The van der Waals surface area contributed by atoms with Crippen molar-refractivity contribution in [3.05, 3.63) is 23.8 Å². The number of halogens is 1. The van der Waals surface area contributed by atoms with Gasteiger partial charge in [0.2, 0.25) is 15.9 Å². The van der Waals surface area contributed by atoms with Crippen molar-refractivity contribution in [2.24, 2.45) is 0 Å². The summed E-state index contributed by atoms with van der Waals surface area (Å²) in [5, 5.41) is 0. The molecule has 0 saturated carbocycles. The van der Waals surface area contributed by atoms with Gasteiger partial charge in [0.05, 0.1) is 11.3 Å².